The maximum absolute atomic E-state index is 12.4. The van der Waals surface area contributed by atoms with E-state index >= 15 is 0 Å². The number of carbonyl (C=O) groups excluding carboxylic acids is 2. The first-order valence-electron chi connectivity index (χ1n) is 7.31. The highest BCUT2D eigenvalue weighted by molar-refractivity contribution is 7.92. The zero-order chi connectivity index (χ0) is 19.3. The van der Waals surface area contributed by atoms with Crippen molar-refractivity contribution in [2.24, 2.45) is 0 Å². The van der Waals surface area contributed by atoms with E-state index in [0.717, 1.165) is 6.08 Å². The number of sulfonamides is 1. The van der Waals surface area contributed by atoms with E-state index in [4.69, 9.17) is 0 Å². The van der Waals surface area contributed by atoms with Crippen LogP contribution in [0.15, 0.2) is 47.4 Å². The number of hydrogen-bond acceptors (Lipinski definition) is 7. The molecule has 0 spiro atoms. The Kier molecular flexibility index (Phi) is 5.68. The molecular formula is C16H15N4O5S-. The molecule has 10 heteroatoms. The van der Waals surface area contributed by atoms with Gasteiger partial charge in [0.15, 0.2) is 0 Å². The second-order valence-electron chi connectivity index (χ2n) is 5.25. The first-order valence-corrected chi connectivity index (χ1v) is 8.79. The minimum Gasteiger partial charge on any atom is -0.545 e. The van der Waals surface area contributed by atoms with Gasteiger partial charge in [0.1, 0.15) is 0 Å². The quantitative estimate of drug-likeness (QED) is 0.684. The summed E-state index contributed by atoms with van der Waals surface area (Å²) >= 11 is 0. The third-order valence-corrected chi connectivity index (χ3v) is 4.35. The second-order valence-corrected chi connectivity index (χ2v) is 6.93. The van der Waals surface area contributed by atoms with E-state index < -0.39 is 21.9 Å². The zero-order valence-corrected chi connectivity index (χ0v) is 14.7. The zero-order valence-electron chi connectivity index (χ0n) is 13.9. The summed E-state index contributed by atoms with van der Waals surface area (Å²) < 4.78 is 27.0. The first kappa shape index (κ1) is 19.1. The van der Waals surface area contributed by atoms with Crippen molar-refractivity contribution in [1.82, 2.24) is 9.97 Å². The topological polar surface area (TPSA) is 141 Å². The van der Waals surface area contributed by atoms with Crippen LogP contribution in [0.5, 0.6) is 0 Å². The summed E-state index contributed by atoms with van der Waals surface area (Å²) in [6.45, 7) is 3.44. The lowest BCUT2D eigenvalue weighted by atomic mass is 10.3. The van der Waals surface area contributed by atoms with Crippen LogP contribution in [0.4, 0.5) is 11.6 Å². The van der Waals surface area contributed by atoms with Crippen LogP contribution in [0.2, 0.25) is 0 Å². The molecule has 0 aliphatic heterocycles. The maximum Gasteiger partial charge on any atom is 0.264 e. The molecule has 1 heterocycles. The molecule has 0 aliphatic rings. The van der Waals surface area contributed by atoms with E-state index in [0.29, 0.717) is 23.2 Å². The number of anilines is 2. The number of aliphatic carboxylic acids is 1. The predicted molar refractivity (Wildman–Crippen MR) is 91.5 cm³/mol. The molecule has 0 fully saturated rings. The smallest absolute Gasteiger partial charge is 0.264 e. The Hall–Kier alpha value is -3.27. The van der Waals surface area contributed by atoms with Gasteiger partial charge in [-0.2, -0.15) is 0 Å². The van der Waals surface area contributed by atoms with Crippen molar-refractivity contribution in [1.29, 1.82) is 0 Å². The molecule has 0 radical (unpaired) electrons. The maximum atomic E-state index is 12.4. The van der Waals surface area contributed by atoms with Crippen LogP contribution < -0.4 is 15.1 Å². The van der Waals surface area contributed by atoms with Gasteiger partial charge >= 0.3 is 0 Å². The number of aromatic nitrogens is 2. The SMILES string of the molecule is Cc1cc(C)nc(NS(=O)(=O)c2ccc(NC(=O)/C=C/C(=O)[O-])cc2)n1. The summed E-state index contributed by atoms with van der Waals surface area (Å²) in [6, 6.07) is 7.00. The number of carboxylic acids is 1. The number of carboxylic acid groups (broad SMARTS) is 1. The minimum atomic E-state index is -3.90. The molecule has 0 bridgehead atoms. The van der Waals surface area contributed by atoms with E-state index in [9.17, 15) is 23.1 Å². The third-order valence-electron chi connectivity index (χ3n) is 3.01. The van der Waals surface area contributed by atoms with Crippen molar-refractivity contribution in [2.75, 3.05) is 10.0 Å². The van der Waals surface area contributed by atoms with Gasteiger partial charge in [-0.1, -0.05) is 0 Å². The Bertz CT molecular complexity index is 948. The standard InChI is InChI=1S/C16H16N4O5S/c1-10-9-11(2)18-16(17-10)20-26(24,25)13-5-3-12(4-6-13)19-14(21)7-8-15(22)23/h3-9H,1-2H3,(H,19,21)(H,22,23)(H,17,18,20)/p-1/b8-7+. The molecule has 26 heavy (non-hydrogen) atoms. The van der Waals surface area contributed by atoms with Gasteiger partial charge in [0.2, 0.25) is 11.9 Å². The fourth-order valence-electron chi connectivity index (χ4n) is 2.00. The van der Waals surface area contributed by atoms with Crippen molar-refractivity contribution in [3.63, 3.8) is 0 Å². The lowest BCUT2D eigenvalue weighted by molar-refractivity contribution is -0.297. The van der Waals surface area contributed by atoms with Gasteiger partial charge in [0.25, 0.3) is 10.0 Å². The highest BCUT2D eigenvalue weighted by Crippen LogP contribution is 2.17. The largest absolute Gasteiger partial charge is 0.545 e. The summed E-state index contributed by atoms with van der Waals surface area (Å²) in [5, 5.41) is 12.6. The van der Waals surface area contributed by atoms with Crippen LogP contribution in [-0.2, 0) is 19.6 Å². The van der Waals surface area contributed by atoms with Gasteiger partial charge in [-0.3, -0.25) is 4.79 Å². The van der Waals surface area contributed by atoms with Gasteiger partial charge in [-0.05, 0) is 50.3 Å². The fourth-order valence-corrected chi connectivity index (χ4v) is 2.94. The number of benzene rings is 1. The van der Waals surface area contributed by atoms with Gasteiger partial charge in [-0.15, -0.1) is 0 Å². The van der Waals surface area contributed by atoms with Crippen molar-refractivity contribution in [2.45, 2.75) is 18.7 Å². The fraction of sp³-hybridized carbons (Fsp3) is 0.125. The third kappa shape index (κ3) is 5.38. The number of nitrogens with one attached hydrogen (secondary N) is 2. The molecule has 136 valence electrons. The predicted octanol–water partition coefficient (Wildman–Crippen LogP) is 0.139. The summed E-state index contributed by atoms with van der Waals surface area (Å²) in [5.41, 5.74) is 1.54. The van der Waals surface area contributed by atoms with Crippen molar-refractivity contribution >= 4 is 33.5 Å². The van der Waals surface area contributed by atoms with Crippen molar-refractivity contribution < 1.29 is 23.1 Å². The molecule has 1 amide bonds. The summed E-state index contributed by atoms with van der Waals surface area (Å²) in [7, 11) is -3.90. The highest BCUT2D eigenvalue weighted by Gasteiger charge is 2.16. The Morgan fingerprint density at radius 2 is 1.62 bits per heavy atom. The monoisotopic (exact) mass is 375 g/mol. The Morgan fingerprint density at radius 1 is 1.04 bits per heavy atom. The molecule has 2 aromatic rings. The van der Waals surface area contributed by atoms with Crippen molar-refractivity contribution in [3.05, 3.63) is 53.9 Å². The molecule has 0 saturated carbocycles. The van der Waals surface area contributed by atoms with Gasteiger partial charge in [-0.25, -0.2) is 23.1 Å². The summed E-state index contributed by atoms with van der Waals surface area (Å²) in [5.74, 6) is -2.22. The number of nitrogens with zero attached hydrogens (tertiary/aromatic N) is 2. The average molecular weight is 375 g/mol. The molecule has 1 aromatic heterocycles. The second kappa shape index (κ2) is 7.74. The lowest BCUT2D eigenvalue weighted by Crippen LogP contribution is -2.20. The first-order chi connectivity index (χ1) is 12.2. The summed E-state index contributed by atoms with van der Waals surface area (Å²) in [6.07, 6.45) is 1.38. The number of carbonyl (C=O) groups is 2. The number of amides is 1. The molecule has 2 rings (SSSR count). The van der Waals surface area contributed by atoms with Gasteiger partial charge in [0, 0.05) is 23.2 Å². The molecule has 0 saturated heterocycles. The molecule has 1 aromatic carbocycles. The van der Waals surface area contributed by atoms with Crippen LogP contribution >= 0.6 is 0 Å². The van der Waals surface area contributed by atoms with E-state index in [1.165, 1.54) is 24.3 Å². The molecule has 0 unspecified atom stereocenters. The number of aryl methyl sites for hydroxylation is 2. The molecule has 9 nitrogen and oxygen atoms in total. The number of rotatable bonds is 6. The van der Waals surface area contributed by atoms with Gasteiger partial charge in [0.05, 0.1) is 10.9 Å². The molecule has 0 atom stereocenters. The van der Waals surface area contributed by atoms with Crippen LogP contribution in [0, 0.1) is 13.8 Å². The average Bonchev–Trinajstić information content (AvgIpc) is 2.52. The van der Waals surface area contributed by atoms with Crippen LogP contribution in [0.25, 0.3) is 0 Å². The number of hydrogen-bond donors (Lipinski definition) is 2. The van der Waals surface area contributed by atoms with E-state index in [1.54, 1.807) is 19.9 Å². The lowest BCUT2D eigenvalue weighted by Gasteiger charge is -2.09. The van der Waals surface area contributed by atoms with Crippen molar-refractivity contribution in [3.8, 4) is 0 Å². The Balaban J connectivity index is 2.13. The Labute approximate surface area is 149 Å². The molecule has 2 N–H and O–H groups in total. The van der Waals surface area contributed by atoms with Crippen LogP contribution in [0.3, 0.4) is 0 Å². The Morgan fingerprint density at radius 3 is 2.15 bits per heavy atom. The van der Waals surface area contributed by atoms with E-state index in [2.05, 4.69) is 20.0 Å². The van der Waals surface area contributed by atoms with Gasteiger partial charge < -0.3 is 15.2 Å². The molecular weight excluding hydrogens is 360 g/mol. The highest BCUT2D eigenvalue weighted by atomic mass is 32.2. The van der Waals surface area contributed by atoms with E-state index in [-0.39, 0.29) is 10.8 Å². The molecule has 0 aliphatic carbocycles. The van der Waals surface area contributed by atoms with Crippen LogP contribution in [0.1, 0.15) is 11.4 Å². The summed E-state index contributed by atoms with van der Waals surface area (Å²) in [4.78, 5) is 29.7. The minimum absolute atomic E-state index is 0.0349. The normalized spacial score (nSPS) is 11.3. The van der Waals surface area contributed by atoms with Crippen LogP contribution in [-0.4, -0.2) is 30.3 Å². The van der Waals surface area contributed by atoms with E-state index in [1.807, 2.05) is 0 Å².